The molecule has 1 amide bonds. The fraction of sp³-hybridized carbons (Fsp3) is 0.133. The summed E-state index contributed by atoms with van der Waals surface area (Å²) < 4.78 is 14.3. The van der Waals surface area contributed by atoms with Crippen LogP contribution < -0.4 is 5.32 Å². The SMILES string of the molecule is Cc1ccc(C(=O)NCc2cc(Br)ccc2F)cc1Cl. The second-order valence-corrected chi connectivity index (χ2v) is 5.71. The molecule has 0 atom stereocenters. The van der Waals surface area contributed by atoms with Crippen molar-refractivity contribution in [1.82, 2.24) is 5.32 Å². The molecule has 20 heavy (non-hydrogen) atoms. The summed E-state index contributed by atoms with van der Waals surface area (Å²) in [4.78, 5) is 12.0. The van der Waals surface area contributed by atoms with Crippen molar-refractivity contribution in [3.63, 3.8) is 0 Å². The monoisotopic (exact) mass is 355 g/mol. The van der Waals surface area contributed by atoms with Crippen LogP contribution in [-0.4, -0.2) is 5.91 Å². The second-order valence-electron chi connectivity index (χ2n) is 4.38. The first-order valence-corrected chi connectivity index (χ1v) is 7.13. The highest BCUT2D eigenvalue weighted by Gasteiger charge is 2.09. The van der Waals surface area contributed by atoms with Crippen LogP contribution in [0.3, 0.4) is 0 Å². The van der Waals surface area contributed by atoms with E-state index in [1.165, 1.54) is 6.07 Å². The molecular weight excluding hydrogens is 345 g/mol. The summed E-state index contributed by atoms with van der Waals surface area (Å²) in [6.07, 6.45) is 0. The molecule has 0 bridgehead atoms. The van der Waals surface area contributed by atoms with Gasteiger partial charge < -0.3 is 5.32 Å². The number of aryl methyl sites for hydroxylation is 1. The molecule has 0 radical (unpaired) electrons. The molecule has 0 aliphatic rings. The fourth-order valence-electron chi connectivity index (χ4n) is 1.69. The standard InChI is InChI=1S/C15H12BrClFNO/c1-9-2-3-10(7-13(9)17)15(20)19-8-11-6-12(16)4-5-14(11)18/h2-7H,8H2,1H3,(H,19,20). The van der Waals surface area contributed by atoms with Crippen LogP contribution in [0.15, 0.2) is 40.9 Å². The van der Waals surface area contributed by atoms with Crippen LogP contribution in [-0.2, 0) is 6.54 Å². The Bertz CT molecular complexity index is 660. The summed E-state index contributed by atoms with van der Waals surface area (Å²) in [5.41, 5.74) is 1.78. The van der Waals surface area contributed by atoms with Crippen LogP contribution in [0.25, 0.3) is 0 Å². The van der Waals surface area contributed by atoms with E-state index in [0.717, 1.165) is 10.0 Å². The van der Waals surface area contributed by atoms with E-state index in [0.29, 0.717) is 16.1 Å². The summed E-state index contributed by atoms with van der Waals surface area (Å²) in [5, 5.41) is 3.21. The lowest BCUT2D eigenvalue weighted by Gasteiger charge is -2.08. The van der Waals surface area contributed by atoms with Gasteiger partial charge in [-0.05, 0) is 42.8 Å². The van der Waals surface area contributed by atoms with Crippen LogP contribution in [0, 0.1) is 12.7 Å². The van der Waals surface area contributed by atoms with E-state index >= 15 is 0 Å². The quantitative estimate of drug-likeness (QED) is 0.863. The maximum Gasteiger partial charge on any atom is 0.251 e. The molecule has 0 aliphatic carbocycles. The van der Waals surface area contributed by atoms with Crippen LogP contribution >= 0.6 is 27.5 Å². The Morgan fingerprint density at radius 3 is 2.75 bits per heavy atom. The Hall–Kier alpha value is -1.39. The summed E-state index contributed by atoms with van der Waals surface area (Å²) >= 11 is 9.24. The maximum atomic E-state index is 13.5. The highest BCUT2D eigenvalue weighted by atomic mass is 79.9. The molecule has 0 aromatic heterocycles. The van der Waals surface area contributed by atoms with Crippen LogP contribution in [0.4, 0.5) is 4.39 Å². The van der Waals surface area contributed by atoms with E-state index in [1.54, 1.807) is 30.3 Å². The largest absolute Gasteiger partial charge is 0.348 e. The number of hydrogen-bond donors (Lipinski definition) is 1. The van der Waals surface area contributed by atoms with Gasteiger partial charge in [-0.15, -0.1) is 0 Å². The van der Waals surface area contributed by atoms with Crippen molar-refractivity contribution in [1.29, 1.82) is 0 Å². The van der Waals surface area contributed by atoms with Crippen molar-refractivity contribution in [3.8, 4) is 0 Å². The van der Waals surface area contributed by atoms with Gasteiger partial charge in [-0.2, -0.15) is 0 Å². The van der Waals surface area contributed by atoms with Gasteiger partial charge in [0.1, 0.15) is 5.82 Å². The summed E-state index contributed by atoms with van der Waals surface area (Å²) in [6.45, 7) is 1.98. The van der Waals surface area contributed by atoms with Gasteiger partial charge in [0.05, 0.1) is 0 Å². The molecule has 0 unspecified atom stereocenters. The van der Waals surface area contributed by atoms with Crippen molar-refractivity contribution in [2.75, 3.05) is 0 Å². The number of halogens is 3. The summed E-state index contributed by atoms with van der Waals surface area (Å²) in [5.74, 6) is -0.637. The summed E-state index contributed by atoms with van der Waals surface area (Å²) in [6, 6.07) is 9.67. The van der Waals surface area contributed by atoms with E-state index in [1.807, 2.05) is 6.92 Å². The zero-order valence-electron chi connectivity index (χ0n) is 10.7. The van der Waals surface area contributed by atoms with Gasteiger partial charge in [0, 0.05) is 27.2 Å². The molecule has 5 heteroatoms. The van der Waals surface area contributed by atoms with Gasteiger partial charge in [0.2, 0.25) is 0 Å². The topological polar surface area (TPSA) is 29.1 Å². The predicted molar refractivity (Wildman–Crippen MR) is 81.5 cm³/mol. The number of benzene rings is 2. The molecule has 2 rings (SSSR count). The normalized spacial score (nSPS) is 10.4. The number of nitrogens with one attached hydrogen (secondary N) is 1. The Morgan fingerprint density at radius 1 is 1.30 bits per heavy atom. The molecule has 0 saturated heterocycles. The zero-order valence-corrected chi connectivity index (χ0v) is 13.1. The first-order valence-electron chi connectivity index (χ1n) is 5.95. The number of carbonyl (C=O) groups excluding carboxylic acids is 1. The third kappa shape index (κ3) is 3.58. The van der Waals surface area contributed by atoms with E-state index in [9.17, 15) is 9.18 Å². The average molecular weight is 357 g/mol. The third-order valence-corrected chi connectivity index (χ3v) is 3.78. The molecular formula is C15H12BrClFNO. The lowest BCUT2D eigenvalue weighted by molar-refractivity contribution is 0.0950. The highest BCUT2D eigenvalue weighted by Crippen LogP contribution is 2.18. The molecule has 2 nitrogen and oxygen atoms in total. The maximum absolute atomic E-state index is 13.5. The molecule has 2 aromatic rings. The molecule has 1 N–H and O–H groups in total. The van der Waals surface area contributed by atoms with E-state index < -0.39 is 0 Å². The number of amides is 1. The predicted octanol–water partition coefficient (Wildman–Crippen LogP) is 4.48. The first kappa shape index (κ1) is 15.0. The molecule has 2 aromatic carbocycles. The molecule has 104 valence electrons. The number of rotatable bonds is 3. The molecule has 0 spiro atoms. The Morgan fingerprint density at radius 2 is 2.05 bits per heavy atom. The average Bonchev–Trinajstić information content (AvgIpc) is 2.42. The molecule has 0 fully saturated rings. The van der Waals surface area contributed by atoms with E-state index in [-0.39, 0.29) is 18.3 Å². The lowest BCUT2D eigenvalue weighted by Crippen LogP contribution is -2.23. The van der Waals surface area contributed by atoms with Crippen molar-refractivity contribution < 1.29 is 9.18 Å². The highest BCUT2D eigenvalue weighted by molar-refractivity contribution is 9.10. The Kier molecular flexibility index (Phi) is 4.78. The minimum Gasteiger partial charge on any atom is -0.348 e. The fourth-order valence-corrected chi connectivity index (χ4v) is 2.28. The number of carbonyl (C=O) groups is 1. The van der Waals surface area contributed by atoms with Gasteiger partial charge in [0.15, 0.2) is 0 Å². The Labute approximate surface area is 130 Å². The van der Waals surface area contributed by atoms with Crippen LogP contribution in [0.1, 0.15) is 21.5 Å². The van der Waals surface area contributed by atoms with Crippen molar-refractivity contribution >= 4 is 33.4 Å². The lowest BCUT2D eigenvalue weighted by atomic mass is 10.1. The minimum absolute atomic E-state index is 0.121. The second kappa shape index (κ2) is 6.37. The molecule has 0 saturated carbocycles. The van der Waals surface area contributed by atoms with Gasteiger partial charge in [-0.3, -0.25) is 4.79 Å². The van der Waals surface area contributed by atoms with Gasteiger partial charge >= 0.3 is 0 Å². The smallest absolute Gasteiger partial charge is 0.251 e. The third-order valence-electron chi connectivity index (χ3n) is 2.88. The van der Waals surface area contributed by atoms with Crippen LogP contribution in [0.2, 0.25) is 5.02 Å². The van der Waals surface area contributed by atoms with Crippen LogP contribution in [0.5, 0.6) is 0 Å². The van der Waals surface area contributed by atoms with Gasteiger partial charge in [0.25, 0.3) is 5.91 Å². The Balaban J connectivity index is 2.08. The van der Waals surface area contributed by atoms with Crippen molar-refractivity contribution in [2.45, 2.75) is 13.5 Å². The number of hydrogen-bond acceptors (Lipinski definition) is 1. The van der Waals surface area contributed by atoms with Gasteiger partial charge in [-0.25, -0.2) is 4.39 Å². The first-order chi connectivity index (χ1) is 9.47. The minimum atomic E-state index is -0.351. The zero-order chi connectivity index (χ0) is 14.7. The van der Waals surface area contributed by atoms with Crippen molar-refractivity contribution in [2.24, 2.45) is 0 Å². The van der Waals surface area contributed by atoms with E-state index in [2.05, 4.69) is 21.2 Å². The van der Waals surface area contributed by atoms with Crippen molar-refractivity contribution in [3.05, 3.63) is 68.4 Å². The van der Waals surface area contributed by atoms with E-state index in [4.69, 9.17) is 11.6 Å². The molecule has 0 aliphatic heterocycles. The molecule has 0 heterocycles. The summed E-state index contributed by atoms with van der Waals surface area (Å²) in [7, 11) is 0. The van der Waals surface area contributed by atoms with Gasteiger partial charge in [-0.1, -0.05) is 33.6 Å².